The predicted octanol–water partition coefficient (Wildman–Crippen LogP) is 2.93. The summed E-state index contributed by atoms with van der Waals surface area (Å²) >= 11 is 0. The Labute approximate surface area is 158 Å². The summed E-state index contributed by atoms with van der Waals surface area (Å²) in [5, 5.41) is 4.46. The lowest BCUT2D eigenvalue weighted by Crippen LogP contribution is -2.42. The van der Waals surface area contributed by atoms with E-state index in [2.05, 4.69) is 26.6 Å². The summed E-state index contributed by atoms with van der Waals surface area (Å²) in [4.78, 5) is 13.1. The standard InChI is InChI=1S/C18H17F3N6O/c1-10(17(20)21)28-18(22-2)26-7-5-12-15(24-9-23-12)16(26)13-8-14-11(19)4-3-6-27(14)25-13/h3-4,6,8-9,16-17H,1,5,7H2,2H3,(H,23,24)/b22-18-/t16-/m0/s1. The van der Waals surface area contributed by atoms with Crippen LogP contribution in [-0.4, -0.2) is 50.5 Å². The van der Waals surface area contributed by atoms with Crippen LogP contribution in [0.3, 0.4) is 0 Å². The number of hydrogen-bond acceptors (Lipinski definition) is 4. The highest BCUT2D eigenvalue weighted by molar-refractivity contribution is 5.76. The summed E-state index contributed by atoms with van der Waals surface area (Å²) in [6, 6.07) is 3.88. The summed E-state index contributed by atoms with van der Waals surface area (Å²) in [7, 11) is 1.44. The van der Waals surface area contributed by atoms with Gasteiger partial charge < -0.3 is 14.6 Å². The van der Waals surface area contributed by atoms with Crippen LogP contribution in [-0.2, 0) is 11.2 Å². The second kappa shape index (κ2) is 7.02. The predicted molar refractivity (Wildman–Crippen MR) is 95.6 cm³/mol. The van der Waals surface area contributed by atoms with Gasteiger partial charge in [-0.15, -0.1) is 0 Å². The number of alkyl halides is 2. The van der Waals surface area contributed by atoms with E-state index in [1.165, 1.54) is 17.6 Å². The molecule has 3 aromatic heterocycles. The fourth-order valence-electron chi connectivity index (χ4n) is 3.31. The van der Waals surface area contributed by atoms with E-state index >= 15 is 0 Å². The molecule has 1 aliphatic rings. The molecule has 1 atom stereocenters. The van der Waals surface area contributed by atoms with Crippen LogP contribution in [0.4, 0.5) is 13.2 Å². The van der Waals surface area contributed by atoms with Crippen LogP contribution in [0, 0.1) is 5.82 Å². The van der Waals surface area contributed by atoms with Gasteiger partial charge in [-0.05, 0) is 18.2 Å². The molecule has 4 rings (SSSR count). The number of allylic oxidation sites excluding steroid dienone is 1. The fourth-order valence-corrected chi connectivity index (χ4v) is 3.31. The minimum absolute atomic E-state index is 0.0264. The first-order valence-corrected chi connectivity index (χ1v) is 8.53. The molecular formula is C18H17F3N6O. The zero-order valence-electron chi connectivity index (χ0n) is 14.9. The molecule has 1 aliphatic heterocycles. The van der Waals surface area contributed by atoms with Crippen molar-refractivity contribution in [3.8, 4) is 0 Å². The molecule has 10 heteroatoms. The van der Waals surface area contributed by atoms with Crippen molar-refractivity contribution in [1.29, 1.82) is 0 Å². The van der Waals surface area contributed by atoms with Crippen molar-refractivity contribution in [2.45, 2.75) is 18.9 Å². The number of aromatic nitrogens is 4. The lowest BCUT2D eigenvalue weighted by molar-refractivity contribution is 0.120. The Bertz CT molecular complexity index is 1060. The molecule has 0 fully saturated rings. The van der Waals surface area contributed by atoms with Gasteiger partial charge in [0.25, 0.3) is 12.4 Å². The number of fused-ring (bicyclic) bond motifs is 2. The average Bonchev–Trinajstić information content (AvgIpc) is 3.32. The van der Waals surface area contributed by atoms with Gasteiger partial charge in [-0.2, -0.15) is 5.10 Å². The lowest BCUT2D eigenvalue weighted by atomic mass is 10.0. The molecule has 0 aliphatic carbocycles. The molecule has 4 heterocycles. The number of aliphatic imine (C=N–C) groups is 1. The Morgan fingerprint density at radius 3 is 3.00 bits per heavy atom. The monoisotopic (exact) mass is 390 g/mol. The van der Waals surface area contributed by atoms with E-state index in [0.29, 0.717) is 29.9 Å². The van der Waals surface area contributed by atoms with Gasteiger partial charge in [-0.3, -0.25) is 0 Å². The maximum atomic E-state index is 14.1. The number of rotatable bonds is 3. The zero-order chi connectivity index (χ0) is 19.8. The van der Waals surface area contributed by atoms with Crippen LogP contribution in [0.25, 0.3) is 5.52 Å². The van der Waals surface area contributed by atoms with Gasteiger partial charge in [-0.25, -0.2) is 27.7 Å². The summed E-state index contributed by atoms with van der Waals surface area (Å²) < 4.78 is 46.6. The van der Waals surface area contributed by atoms with E-state index in [9.17, 15) is 13.2 Å². The van der Waals surface area contributed by atoms with Gasteiger partial charge in [-0.1, -0.05) is 6.58 Å². The van der Waals surface area contributed by atoms with E-state index < -0.39 is 24.0 Å². The number of amidine groups is 1. The Morgan fingerprint density at radius 1 is 1.46 bits per heavy atom. The molecule has 0 amide bonds. The highest BCUT2D eigenvalue weighted by Gasteiger charge is 2.36. The van der Waals surface area contributed by atoms with Gasteiger partial charge in [0.1, 0.15) is 17.4 Å². The first-order chi connectivity index (χ1) is 13.5. The Balaban J connectivity index is 1.79. The molecule has 0 saturated heterocycles. The van der Waals surface area contributed by atoms with Crippen LogP contribution in [0.5, 0.6) is 0 Å². The summed E-state index contributed by atoms with van der Waals surface area (Å²) in [5.74, 6) is -1.12. The number of H-pyrrole nitrogens is 1. The van der Waals surface area contributed by atoms with Crippen LogP contribution in [0.1, 0.15) is 23.1 Å². The minimum atomic E-state index is -2.84. The van der Waals surface area contributed by atoms with Gasteiger partial charge in [0.2, 0.25) is 0 Å². The molecule has 146 valence electrons. The Kier molecular flexibility index (Phi) is 4.54. The molecule has 0 spiro atoms. The van der Waals surface area contributed by atoms with Gasteiger partial charge in [0.05, 0.1) is 17.7 Å². The largest absolute Gasteiger partial charge is 0.425 e. The number of halogens is 3. The van der Waals surface area contributed by atoms with Gasteiger partial charge in [0.15, 0.2) is 5.76 Å². The van der Waals surface area contributed by atoms with Crippen molar-refractivity contribution in [3.05, 3.63) is 66.0 Å². The molecule has 0 bridgehead atoms. The highest BCUT2D eigenvalue weighted by Crippen LogP contribution is 2.34. The van der Waals surface area contributed by atoms with E-state index in [1.54, 1.807) is 29.6 Å². The SMILES string of the molecule is C=C(O/C(=N\C)N1CCc2[nH]cnc2[C@@H]1c1cc2c(F)cccn2n1)C(F)F. The maximum Gasteiger partial charge on any atom is 0.294 e. The van der Waals surface area contributed by atoms with E-state index in [1.807, 2.05) is 0 Å². The smallest absolute Gasteiger partial charge is 0.294 e. The second-order valence-electron chi connectivity index (χ2n) is 6.24. The molecular weight excluding hydrogens is 373 g/mol. The van der Waals surface area contributed by atoms with Crippen LogP contribution >= 0.6 is 0 Å². The maximum absolute atomic E-state index is 14.1. The van der Waals surface area contributed by atoms with E-state index in [4.69, 9.17) is 4.74 Å². The summed E-state index contributed by atoms with van der Waals surface area (Å²) in [5.41, 5.74) is 2.34. The lowest BCUT2D eigenvalue weighted by Gasteiger charge is -2.35. The van der Waals surface area contributed by atoms with Crippen molar-refractivity contribution in [2.75, 3.05) is 13.6 Å². The number of aromatic amines is 1. The quantitative estimate of drug-likeness (QED) is 0.424. The average molecular weight is 390 g/mol. The topological polar surface area (TPSA) is 70.8 Å². The number of hydrogen-bond donors (Lipinski definition) is 1. The Morgan fingerprint density at radius 2 is 2.29 bits per heavy atom. The van der Waals surface area contributed by atoms with Crippen molar-refractivity contribution < 1.29 is 17.9 Å². The number of imidazole rings is 1. The molecule has 7 nitrogen and oxygen atoms in total. The molecule has 1 N–H and O–H groups in total. The summed E-state index contributed by atoms with van der Waals surface area (Å²) in [6.07, 6.45) is 0.922. The van der Waals surface area contributed by atoms with Crippen molar-refractivity contribution in [1.82, 2.24) is 24.5 Å². The third-order valence-electron chi connectivity index (χ3n) is 4.58. The Hall–Kier alpha value is -3.30. The number of nitrogens with zero attached hydrogens (tertiary/aromatic N) is 5. The van der Waals surface area contributed by atoms with Crippen LogP contribution in [0.15, 0.2) is 48.1 Å². The second-order valence-corrected chi connectivity index (χ2v) is 6.24. The third-order valence-corrected chi connectivity index (χ3v) is 4.58. The molecule has 28 heavy (non-hydrogen) atoms. The number of ether oxygens (including phenoxy) is 1. The van der Waals surface area contributed by atoms with Gasteiger partial charge >= 0.3 is 0 Å². The number of nitrogens with one attached hydrogen (secondary N) is 1. The summed E-state index contributed by atoms with van der Waals surface area (Å²) in [6.45, 7) is 3.66. The third kappa shape index (κ3) is 3.00. The normalized spacial score (nSPS) is 17.2. The first-order valence-electron chi connectivity index (χ1n) is 8.53. The zero-order valence-corrected chi connectivity index (χ0v) is 14.9. The van der Waals surface area contributed by atoms with Crippen molar-refractivity contribution in [2.24, 2.45) is 4.99 Å². The van der Waals surface area contributed by atoms with Crippen LogP contribution in [0.2, 0.25) is 0 Å². The molecule has 0 radical (unpaired) electrons. The van der Waals surface area contributed by atoms with E-state index in [0.717, 1.165) is 5.69 Å². The van der Waals surface area contributed by atoms with Gasteiger partial charge in [0, 0.05) is 31.9 Å². The number of pyridine rings is 1. The molecule has 0 saturated carbocycles. The van der Waals surface area contributed by atoms with Crippen LogP contribution < -0.4 is 0 Å². The minimum Gasteiger partial charge on any atom is -0.425 e. The molecule has 0 aromatic carbocycles. The highest BCUT2D eigenvalue weighted by atomic mass is 19.3. The molecule has 3 aromatic rings. The molecule has 0 unspecified atom stereocenters. The first kappa shape index (κ1) is 18.1. The van der Waals surface area contributed by atoms with Crippen molar-refractivity contribution in [3.63, 3.8) is 0 Å². The fraction of sp³-hybridized carbons (Fsp3) is 0.278. The van der Waals surface area contributed by atoms with Crippen molar-refractivity contribution >= 4 is 11.5 Å². The van der Waals surface area contributed by atoms with E-state index in [-0.39, 0.29) is 6.02 Å².